The highest BCUT2D eigenvalue weighted by atomic mass is 16.6. The van der Waals surface area contributed by atoms with E-state index >= 15 is 0 Å². The minimum absolute atomic E-state index is 0.0719. The summed E-state index contributed by atoms with van der Waals surface area (Å²) >= 11 is 0. The molecule has 204 valence electrons. The predicted molar refractivity (Wildman–Crippen MR) is 134 cm³/mol. The molecule has 0 radical (unpaired) electrons. The summed E-state index contributed by atoms with van der Waals surface area (Å²) < 4.78 is 18.1. The van der Waals surface area contributed by atoms with Crippen LogP contribution < -0.4 is 0 Å². The van der Waals surface area contributed by atoms with E-state index in [2.05, 4.69) is 13.8 Å². The van der Waals surface area contributed by atoms with Crippen molar-refractivity contribution in [1.29, 1.82) is 0 Å². The lowest BCUT2D eigenvalue weighted by atomic mass is 9.44. The van der Waals surface area contributed by atoms with Crippen LogP contribution in [0.15, 0.2) is 12.2 Å². The second-order valence-electron chi connectivity index (χ2n) is 13.5. The molecule has 0 aromatic rings. The lowest BCUT2D eigenvalue weighted by Crippen LogP contribution is -2.64. The van der Waals surface area contributed by atoms with Gasteiger partial charge in [-0.1, -0.05) is 20.8 Å². The molecule has 6 rings (SSSR count). The third kappa shape index (κ3) is 3.28. The van der Waals surface area contributed by atoms with Crippen LogP contribution in [-0.4, -0.2) is 53.3 Å². The predicted octanol–water partition coefficient (Wildman–Crippen LogP) is 3.86. The number of aliphatic hydroxyl groups excluding tert-OH is 1. The van der Waals surface area contributed by atoms with E-state index in [4.69, 9.17) is 14.2 Å². The average molecular weight is 515 g/mol. The number of esters is 2. The molecule has 13 atom stereocenters. The number of epoxide rings is 1. The largest absolute Gasteiger partial charge is 0.465 e. The van der Waals surface area contributed by atoms with Crippen LogP contribution in [0, 0.1) is 52.3 Å². The number of fused-ring (bicyclic) bond motifs is 4. The van der Waals surface area contributed by atoms with E-state index in [9.17, 15) is 19.5 Å². The molecule has 37 heavy (non-hydrogen) atoms. The fourth-order valence-electron chi connectivity index (χ4n) is 10.0. The highest BCUT2D eigenvalue weighted by Crippen LogP contribution is 2.73. The quantitative estimate of drug-likeness (QED) is 0.449. The molecule has 0 bridgehead atoms. The molecule has 0 amide bonds. The third-order valence-electron chi connectivity index (χ3n) is 12.3. The topological polar surface area (TPSA) is 102 Å². The summed E-state index contributed by atoms with van der Waals surface area (Å²) in [6.07, 6.45) is 7.57. The SMILES string of the molecule is CC(=O)OCC12CCC3C(CC4OC45C(O)C=CC(=O)C35C)C1CCC2C(C)C1CC(C)C(C)C(=O)O1. The molecular weight excluding hydrogens is 472 g/mol. The minimum Gasteiger partial charge on any atom is -0.465 e. The van der Waals surface area contributed by atoms with Crippen molar-refractivity contribution in [2.24, 2.45) is 52.3 Å². The molecule has 1 spiro atoms. The molecule has 0 aromatic heterocycles. The minimum atomic E-state index is -0.787. The molecule has 7 nitrogen and oxygen atoms in total. The summed E-state index contributed by atoms with van der Waals surface area (Å²) in [7, 11) is 0. The van der Waals surface area contributed by atoms with Crippen molar-refractivity contribution in [1.82, 2.24) is 0 Å². The molecule has 6 aliphatic rings. The number of rotatable bonds is 4. The zero-order valence-corrected chi connectivity index (χ0v) is 22.8. The fourth-order valence-corrected chi connectivity index (χ4v) is 10.0. The Morgan fingerprint density at radius 3 is 2.65 bits per heavy atom. The Balaban J connectivity index is 1.33. The van der Waals surface area contributed by atoms with Gasteiger partial charge in [0.2, 0.25) is 0 Å². The standard InChI is InChI=1S/C30H42O7/c1-15-12-23(36-27(34)16(15)2)17(3)20-6-7-22-19-13-26-30(37-26)25(33)9-8-24(32)28(30,5)21(19)10-11-29(20,22)14-35-18(4)31/h8-9,15-17,19-23,25-26,33H,6-7,10-14H2,1-5H3. The van der Waals surface area contributed by atoms with Gasteiger partial charge in [0.25, 0.3) is 0 Å². The molecular formula is C30H42O7. The number of hydrogen-bond donors (Lipinski definition) is 1. The van der Waals surface area contributed by atoms with Gasteiger partial charge in [-0.25, -0.2) is 0 Å². The monoisotopic (exact) mass is 514 g/mol. The van der Waals surface area contributed by atoms with E-state index in [-0.39, 0.29) is 70.9 Å². The number of ether oxygens (including phenoxy) is 3. The van der Waals surface area contributed by atoms with E-state index in [0.717, 1.165) is 38.5 Å². The first kappa shape index (κ1) is 25.5. The van der Waals surface area contributed by atoms with Crippen molar-refractivity contribution in [3.63, 3.8) is 0 Å². The van der Waals surface area contributed by atoms with Crippen LogP contribution in [0.3, 0.4) is 0 Å². The Morgan fingerprint density at radius 2 is 1.95 bits per heavy atom. The number of carbonyl (C=O) groups is 3. The number of cyclic esters (lactones) is 1. The first-order chi connectivity index (χ1) is 17.5. The van der Waals surface area contributed by atoms with Gasteiger partial charge < -0.3 is 19.3 Å². The zero-order chi connectivity index (χ0) is 26.5. The first-order valence-electron chi connectivity index (χ1n) is 14.4. The number of allylic oxidation sites excluding steroid dienone is 1. The Kier molecular flexibility index (Phi) is 5.79. The highest BCUT2D eigenvalue weighted by Gasteiger charge is 2.80. The molecule has 7 heteroatoms. The first-order valence-corrected chi connectivity index (χ1v) is 14.4. The Morgan fingerprint density at radius 1 is 1.19 bits per heavy atom. The molecule has 5 fully saturated rings. The number of hydrogen-bond acceptors (Lipinski definition) is 7. The van der Waals surface area contributed by atoms with E-state index in [1.165, 1.54) is 6.92 Å². The van der Waals surface area contributed by atoms with E-state index < -0.39 is 17.1 Å². The summed E-state index contributed by atoms with van der Waals surface area (Å²) in [5, 5.41) is 10.9. The van der Waals surface area contributed by atoms with Crippen LogP contribution in [0.2, 0.25) is 0 Å². The lowest BCUT2D eigenvalue weighted by molar-refractivity contribution is -0.176. The van der Waals surface area contributed by atoms with Crippen molar-refractivity contribution in [3.8, 4) is 0 Å². The molecule has 2 heterocycles. The van der Waals surface area contributed by atoms with Crippen molar-refractivity contribution in [2.45, 2.75) is 97.1 Å². The maximum atomic E-state index is 13.4. The van der Waals surface area contributed by atoms with Crippen molar-refractivity contribution in [2.75, 3.05) is 6.61 Å². The lowest BCUT2D eigenvalue weighted by Gasteiger charge is -2.58. The number of carbonyl (C=O) groups excluding carboxylic acids is 3. The fraction of sp³-hybridized carbons (Fsp3) is 0.833. The van der Waals surface area contributed by atoms with Crippen molar-refractivity contribution in [3.05, 3.63) is 12.2 Å². The van der Waals surface area contributed by atoms with Gasteiger partial charge in [0.1, 0.15) is 17.8 Å². The summed E-state index contributed by atoms with van der Waals surface area (Å²) in [5.41, 5.74) is -1.73. The van der Waals surface area contributed by atoms with Crippen LogP contribution in [0.25, 0.3) is 0 Å². The smallest absolute Gasteiger partial charge is 0.309 e. The maximum absolute atomic E-state index is 13.4. The van der Waals surface area contributed by atoms with Crippen LogP contribution in [0.4, 0.5) is 0 Å². The van der Waals surface area contributed by atoms with E-state index in [1.54, 1.807) is 12.2 Å². The molecule has 3 saturated carbocycles. The van der Waals surface area contributed by atoms with Gasteiger partial charge in [-0.2, -0.15) is 0 Å². The normalized spacial score (nSPS) is 52.8. The van der Waals surface area contributed by atoms with Gasteiger partial charge in [0.15, 0.2) is 5.78 Å². The average Bonchev–Trinajstić information content (AvgIpc) is 3.48. The second-order valence-corrected chi connectivity index (χ2v) is 13.5. The van der Waals surface area contributed by atoms with Crippen LogP contribution in [0.5, 0.6) is 0 Å². The van der Waals surface area contributed by atoms with Gasteiger partial charge in [-0.3, -0.25) is 14.4 Å². The van der Waals surface area contributed by atoms with Crippen LogP contribution in [-0.2, 0) is 28.6 Å². The number of ketones is 1. The Labute approximate surface area is 219 Å². The summed E-state index contributed by atoms with van der Waals surface area (Å²) in [6.45, 7) is 10.2. The molecule has 2 aliphatic heterocycles. The summed E-state index contributed by atoms with van der Waals surface area (Å²) in [6, 6.07) is 0. The Hall–Kier alpha value is -1.73. The highest BCUT2D eigenvalue weighted by molar-refractivity contribution is 5.98. The number of aliphatic hydroxyl groups is 1. The summed E-state index contributed by atoms with van der Waals surface area (Å²) in [4.78, 5) is 38.1. The second kappa shape index (κ2) is 8.38. The molecule has 0 aromatic carbocycles. The van der Waals surface area contributed by atoms with Gasteiger partial charge in [0.05, 0.1) is 24.0 Å². The van der Waals surface area contributed by atoms with Gasteiger partial charge in [-0.15, -0.1) is 0 Å². The van der Waals surface area contributed by atoms with E-state index in [1.807, 2.05) is 13.8 Å². The molecule has 1 N–H and O–H groups in total. The Bertz CT molecular complexity index is 1040. The molecule has 13 unspecified atom stereocenters. The third-order valence-corrected chi connectivity index (χ3v) is 12.3. The maximum Gasteiger partial charge on any atom is 0.309 e. The molecule has 2 saturated heterocycles. The van der Waals surface area contributed by atoms with Crippen molar-refractivity contribution < 1.29 is 33.7 Å². The van der Waals surface area contributed by atoms with Crippen molar-refractivity contribution >= 4 is 17.7 Å². The van der Waals surface area contributed by atoms with Crippen LogP contribution >= 0.6 is 0 Å². The molecule has 4 aliphatic carbocycles. The van der Waals surface area contributed by atoms with Gasteiger partial charge in [-0.05, 0) is 93.1 Å². The summed E-state index contributed by atoms with van der Waals surface area (Å²) in [5.74, 6) is 1.01. The van der Waals surface area contributed by atoms with E-state index in [0.29, 0.717) is 12.5 Å². The zero-order valence-electron chi connectivity index (χ0n) is 22.8. The van der Waals surface area contributed by atoms with Crippen LogP contribution in [0.1, 0.15) is 73.1 Å². The van der Waals surface area contributed by atoms with Gasteiger partial charge in [0, 0.05) is 12.3 Å². The van der Waals surface area contributed by atoms with Gasteiger partial charge >= 0.3 is 11.9 Å².